The van der Waals surface area contributed by atoms with Gasteiger partial charge in [0.1, 0.15) is 0 Å². The first-order valence-electron chi connectivity index (χ1n) is 6.81. The molecule has 2 rings (SSSR count). The van der Waals surface area contributed by atoms with Crippen LogP contribution >= 0.6 is 0 Å². The fourth-order valence-corrected chi connectivity index (χ4v) is 4.38. The molecule has 2 nitrogen and oxygen atoms in total. The minimum Gasteiger partial charge on any atom is -0.229 e. The summed E-state index contributed by atoms with van der Waals surface area (Å²) >= 11 is 0. The van der Waals surface area contributed by atoms with Gasteiger partial charge in [-0.3, -0.25) is 0 Å². The molecule has 0 saturated heterocycles. The number of aryl methyl sites for hydroxylation is 1. The molecule has 0 atom stereocenters. The Morgan fingerprint density at radius 1 is 1.17 bits per heavy atom. The molecule has 1 aromatic carbocycles. The highest BCUT2D eigenvalue weighted by Gasteiger charge is 2.29. The molecule has 1 aliphatic rings. The van der Waals surface area contributed by atoms with Gasteiger partial charge in [-0.15, -0.1) is 0 Å². The molecule has 0 aromatic heterocycles. The van der Waals surface area contributed by atoms with Crippen LogP contribution in [0.4, 0.5) is 0 Å². The van der Waals surface area contributed by atoms with Crippen LogP contribution in [0.1, 0.15) is 49.7 Å². The minimum absolute atomic E-state index is 0.0939. The summed E-state index contributed by atoms with van der Waals surface area (Å²) in [6.07, 6.45) is 3.67. The molecular weight excluding hydrogens is 244 g/mol. The molecule has 18 heavy (non-hydrogen) atoms. The lowest BCUT2D eigenvalue weighted by Crippen LogP contribution is -2.27. The maximum absolute atomic E-state index is 11.9. The molecule has 100 valence electrons. The first kappa shape index (κ1) is 13.6. The lowest BCUT2D eigenvalue weighted by atomic mass is 9.83. The normalized spacial score (nSPS) is 25.0. The first-order chi connectivity index (χ1) is 8.53. The summed E-state index contributed by atoms with van der Waals surface area (Å²) in [5.41, 5.74) is 2.66. The second kappa shape index (κ2) is 5.43. The summed E-state index contributed by atoms with van der Waals surface area (Å²) in [4.78, 5) is 0. The third kappa shape index (κ3) is 2.94. The number of rotatable bonds is 3. The van der Waals surface area contributed by atoms with Gasteiger partial charge in [0.05, 0.1) is 5.25 Å². The van der Waals surface area contributed by atoms with Crippen LogP contribution in [0, 0.1) is 6.92 Å². The molecule has 1 saturated carbocycles. The predicted octanol–water partition coefficient (Wildman–Crippen LogP) is 3.46. The van der Waals surface area contributed by atoms with Gasteiger partial charge in [0.25, 0.3) is 0 Å². The fraction of sp³-hybridized carbons (Fsp3) is 0.600. The minimum atomic E-state index is -2.84. The van der Waals surface area contributed by atoms with Crippen molar-refractivity contribution >= 4 is 9.84 Å². The van der Waals surface area contributed by atoms with Crippen LogP contribution in [0.5, 0.6) is 0 Å². The van der Waals surface area contributed by atoms with E-state index in [1.807, 2.05) is 0 Å². The van der Waals surface area contributed by atoms with Gasteiger partial charge in [-0.25, -0.2) is 8.42 Å². The highest BCUT2D eigenvalue weighted by atomic mass is 32.2. The second-order valence-corrected chi connectivity index (χ2v) is 7.91. The second-order valence-electron chi connectivity index (χ2n) is 5.34. The Bertz CT molecular complexity index is 497. The average Bonchev–Trinajstić information content (AvgIpc) is 2.39. The van der Waals surface area contributed by atoms with Crippen molar-refractivity contribution in [2.24, 2.45) is 0 Å². The standard InChI is InChI=1S/C15H22O2S/c1-3-18(16,17)15-9-7-13(8-10-15)14-6-4-5-12(2)11-14/h4-6,11,13,15H,3,7-10H2,1-2H3. The quantitative estimate of drug-likeness (QED) is 0.839. The Morgan fingerprint density at radius 3 is 2.39 bits per heavy atom. The molecule has 1 aromatic rings. The lowest BCUT2D eigenvalue weighted by molar-refractivity contribution is 0.435. The summed E-state index contributed by atoms with van der Waals surface area (Å²) in [5, 5.41) is -0.0939. The van der Waals surface area contributed by atoms with Gasteiger partial charge in [-0.05, 0) is 44.1 Å². The molecule has 0 N–H and O–H groups in total. The van der Waals surface area contributed by atoms with Gasteiger partial charge < -0.3 is 0 Å². The summed E-state index contributed by atoms with van der Waals surface area (Å²) in [6.45, 7) is 3.86. The maximum Gasteiger partial charge on any atom is 0.152 e. The summed E-state index contributed by atoms with van der Waals surface area (Å²) in [6, 6.07) is 8.61. The number of hydrogen-bond donors (Lipinski definition) is 0. The van der Waals surface area contributed by atoms with Crippen molar-refractivity contribution in [2.75, 3.05) is 5.75 Å². The van der Waals surface area contributed by atoms with E-state index >= 15 is 0 Å². The molecule has 0 unspecified atom stereocenters. The van der Waals surface area contributed by atoms with E-state index in [-0.39, 0.29) is 11.0 Å². The third-order valence-corrected chi connectivity index (χ3v) is 6.39. The van der Waals surface area contributed by atoms with Crippen molar-refractivity contribution in [3.05, 3.63) is 35.4 Å². The summed E-state index contributed by atoms with van der Waals surface area (Å²) in [5.74, 6) is 0.834. The van der Waals surface area contributed by atoms with Crippen molar-refractivity contribution in [3.8, 4) is 0 Å². The largest absolute Gasteiger partial charge is 0.229 e. The Balaban J connectivity index is 2.03. The van der Waals surface area contributed by atoms with Gasteiger partial charge in [-0.1, -0.05) is 36.8 Å². The summed E-state index contributed by atoms with van der Waals surface area (Å²) in [7, 11) is -2.84. The predicted molar refractivity (Wildman–Crippen MR) is 75.6 cm³/mol. The van der Waals surface area contributed by atoms with Crippen molar-refractivity contribution in [2.45, 2.75) is 50.7 Å². The molecular formula is C15H22O2S. The monoisotopic (exact) mass is 266 g/mol. The van der Waals surface area contributed by atoms with E-state index in [0.717, 1.165) is 25.7 Å². The van der Waals surface area contributed by atoms with Crippen molar-refractivity contribution < 1.29 is 8.42 Å². The Kier molecular flexibility index (Phi) is 4.10. The maximum atomic E-state index is 11.9. The van der Waals surface area contributed by atoms with Crippen LogP contribution in [0.2, 0.25) is 0 Å². The zero-order valence-electron chi connectivity index (χ0n) is 11.2. The fourth-order valence-electron chi connectivity index (χ4n) is 2.92. The van der Waals surface area contributed by atoms with Crippen molar-refractivity contribution in [3.63, 3.8) is 0 Å². The Hall–Kier alpha value is -0.830. The van der Waals surface area contributed by atoms with E-state index in [4.69, 9.17) is 0 Å². The number of sulfone groups is 1. The molecule has 0 bridgehead atoms. The molecule has 0 amide bonds. The van der Waals surface area contributed by atoms with Crippen molar-refractivity contribution in [1.82, 2.24) is 0 Å². The van der Waals surface area contributed by atoms with Crippen molar-refractivity contribution in [1.29, 1.82) is 0 Å². The highest BCUT2D eigenvalue weighted by molar-refractivity contribution is 7.92. The van der Waals surface area contributed by atoms with Crippen LogP contribution in [-0.2, 0) is 9.84 Å². The molecule has 1 fully saturated rings. The molecule has 3 heteroatoms. The highest BCUT2D eigenvalue weighted by Crippen LogP contribution is 2.35. The Morgan fingerprint density at radius 2 is 1.83 bits per heavy atom. The van der Waals surface area contributed by atoms with E-state index in [9.17, 15) is 8.42 Å². The smallest absolute Gasteiger partial charge is 0.152 e. The van der Waals surface area contributed by atoms with Crippen LogP contribution in [0.3, 0.4) is 0 Å². The summed E-state index contributed by atoms with van der Waals surface area (Å²) < 4.78 is 23.7. The average molecular weight is 266 g/mol. The molecule has 0 heterocycles. The zero-order chi connectivity index (χ0) is 13.2. The lowest BCUT2D eigenvalue weighted by Gasteiger charge is -2.28. The molecule has 0 spiro atoms. The molecule has 0 aliphatic heterocycles. The zero-order valence-corrected chi connectivity index (χ0v) is 12.0. The van der Waals surface area contributed by atoms with Crippen LogP contribution in [-0.4, -0.2) is 19.4 Å². The topological polar surface area (TPSA) is 34.1 Å². The van der Waals surface area contributed by atoms with E-state index in [2.05, 4.69) is 31.2 Å². The van der Waals surface area contributed by atoms with Gasteiger partial charge >= 0.3 is 0 Å². The van der Waals surface area contributed by atoms with E-state index < -0.39 is 9.84 Å². The van der Waals surface area contributed by atoms with Gasteiger partial charge in [0.2, 0.25) is 0 Å². The van der Waals surface area contributed by atoms with E-state index in [1.165, 1.54) is 11.1 Å². The van der Waals surface area contributed by atoms with Crippen LogP contribution in [0.25, 0.3) is 0 Å². The van der Waals surface area contributed by atoms with Crippen LogP contribution in [0.15, 0.2) is 24.3 Å². The molecule has 0 radical (unpaired) electrons. The van der Waals surface area contributed by atoms with Gasteiger partial charge in [0, 0.05) is 5.75 Å². The first-order valence-corrected chi connectivity index (χ1v) is 8.52. The SMILES string of the molecule is CCS(=O)(=O)C1CCC(c2cccc(C)c2)CC1. The van der Waals surface area contributed by atoms with Gasteiger partial charge in [0.15, 0.2) is 9.84 Å². The van der Waals surface area contributed by atoms with Gasteiger partial charge in [-0.2, -0.15) is 0 Å². The third-order valence-electron chi connectivity index (χ3n) is 4.10. The number of benzene rings is 1. The van der Waals surface area contributed by atoms with E-state index in [1.54, 1.807) is 6.92 Å². The van der Waals surface area contributed by atoms with E-state index in [0.29, 0.717) is 5.92 Å². The number of hydrogen-bond acceptors (Lipinski definition) is 2. The Labute approximate surface area is 110 Å². The molecule has 1 aliphatic carbocycles. The van der Waals surface area contributed by atoms with Crippen LogP contribution < -0.4 is 0 Å².